The molecule has 1 saturated heterocycles. The summed E-state index contributed by atoms with van der Waals surface area (Å²) in [5.74, 6) is -0.306. The summed E-state index contributed by atoms with van der Waals surface area (Å²) in [6, 6.07) is 9.71. The lowest BCUT2D eigenvalue weighted by molar-refractivity contribution is -0.225. The zero-order chi connectivity index (χ0) is 21.6. The number of rotatable bonds is 7. The summed E-state index contributed by atoms with van der Waals surface area (Å²) >= 11 is 5.78. The molecule has 0 radical (unpaired) electrons. The maximum Gasteiger partial charge on any atom is 0.426 e. The number of alkyl halides is 3. The number of carbonyl (C=O) groups is 1. The molecule has 9 heteroatoms. The fourth-order valence-electron chi connectivity index (χ4n) is 3.30. The van der Waals surface area contributed by atoms with E-state index >= 15 is 0 Å². The Kier molecular flexibility index (Phi) is 7.55. The summed E-state index contributed by atoms with van der Waals surface area (Å²) in [6.45, 7) is 0.382. The number of pyridine rings is 1. The lowest BCUT2D eigenvalue weighted by atomic mass is 10.1. The topological polar surface area (TPSA) is 51.7 Å². The molecule has 2 aromatic rings. The van der Waals surface area contributed by atoms with E-state index in [2.05, 4.69) is 4.98 Å². The van der Waals surface area contributed by atoms with Gasteiger partial charge in [-0.3, -0.25) is 14.7 Å². The van der Waals surface area contributed by atoms with Gasteiger partial charge >= 0.3 is 12.1 Å². The molecule has 1 fully saturated rings. The van der Waals surface area contributed by atoms with E-state index in [9.17, 15) is 18.0 Å². The van der Waals surface area contributed by atoms with Crippen molar-refractivity contribution in [2.24, 2.45) is 0 Å². The van der Waals surface area contributed by atoms with Gasteiger partial charge in [-0.2, -0.15) is 13.2 Å². The smallest absolute Gasteiger partial charge is 0.426 e. The highest BCUT2D eigenvalue weighted by molar-refractivity contribution is 6.30. The number of ether oxygens (including phenoxy) is 2. The number of benzene rings is 1. The van der Waals surface area contributed by atoms with Crippen molar-refractivity contribution >= 4 is 17.6 Å². The molecule has 0 unspecified atom stereocenters. The average molecular weight is 443 g/mol. The van der Waals surface area contributed by atoms with Gasteiger partial charge in [-0.05, 0) is 49.2 Å². The summed E-state index contributed by atoms with van der Waals surface area (Å²) in [5, 5.41) is 0.480. The minimum absolute atomic E-state index is 0.236. The Bertz CT molecular complexity index is 818. The molecule has 1 aromatic heterocycles. The molecule has 162 valence electrons. The van der Waals surface area contributed by atoms with Crippen molar-refractivity contribution in [3.63, 3.8) is 0 Å². The Labute approximate surface area is 177 Å². The van der Waals surface area contributed by atoms with Crippen LogP contribution in [0.1, 0.15) is 18.4 Å². The van der Waals surface area contributed by atoms with E-state index in [1.807, 2.05) is 0 Å². The predicted octanol–water partition coefficient (Wildman–Crippen LogP) is 4.30. The second kappa shape index (κ2) is 10.1. The molecule has 1 aliphatic heterocycles. The molecule has 1 aromatic carbocycles. The molecule has 2 atom stereocenters. The van der Waals surface area contributed by atoms with Crippen molar-refractivity contribution in [1.82, 2.24) is 9.88 Å². The van der Waals surface area contributed by atoms with Crippen molar-refractivity contribution in [1.29, 1.82) is 0 Å². The van der Waals surface area contributed by atoms with E-state index in [4.69, 9.17) is 21.1 Å². The molecule has 0 saturated carbocycles. The summed E-state index contributed by atoms with van der Waals surface area (Å²) in [5.41, 5.74) is 0.536. The lowest BCUT2D eigenvalue weighted by Gasteiger charge is -2.35. The van der Waals surface area contributed by atoms with Crippen molar-refractivity contribution in [3.05, 3.63) is 59.4 Å². The zero-order valence-electron chi connectivity index (χ0n) is 16.1. The number of nitrogens with zero attached hydrogens (tertiary/aromatic N) is 2. The highest BCUT2D eigenvalue weighted by Crippen LogP contribution is 2.26. The minimum atomic E-state index is -4.66. The maximum atomic E-state index is 13.5. The molecule has 3 rings (SSSR count). The van der Waals surface area contributed by atoms with E-state index < -0.39 is 24.8 Å². The quantitative estimate of drug-likeness (QED) is 0.598. The van der Waals surface area contributed by atoms with Gasteiger partial charge < -0.3 is 9.47 Å². The number of esters is 1. The summed E-state index contributed by atoms with van der Waals surface area (Å²) in [6.07, 6.45) is -2.72. The Balaban J connectivity index is 1.57. The molecule has 0 aliphatic carbocycles. The van der Waals surface area contributed by atoms with Crippen molar-refractivity contribution in [2.75, 3.05) is 19.6 Å². The second-order valence-corrected chi connectivity index (χ2v) is 7.58. The SMILES string of the molecule is O=C(Cc1ccc(Cl)cc1)O[C@@H](CN1CCC[C@H](Oc2ccncc2)C1)C(F)(F)F. The van der Waals surface area contributed by atoms with Crippen molar-refractivity contribution in [2.45, 2.75) is 37.6 Å². The first-order valence-corrected chi connectivity index (χ1v) is 9.97. The Morgan fingerprint density at radius 1 is 1.20 bits per heavy atom. The van der Waals surface area contributed by atoms with Crippen LogP contribution in [0.2, 0.25) is 5.02 Å². The Morgan fingerprint density at radius 2 is 1.90 bits per heavy atom. The van der Waals surface area contributed by atoms with Crippen LogP contribution in [0.3, 0.4) is 0 Å². The maximum absolute atomic E-state index is 13.5. The number of hydrogen-bond acceptors (Lipinski definition) is 5. The van der Waals surface area contributed by atoms with Gasteiger partial charge in [-0.25, -0.2) is 0 Å². The number of aromatic nitrogens is 1. The summed E-state index contributed by atoms with van der Waals surface area (Å²) < 4.78 is 51.2. The largest absolute Gasteiger partial charge is 0.489 e. The van der Waals surface area contributed by atoms with E-state index in [0.29, 0.717) is 35.8 Å². The first-order chi connectivity index (χ1) is 14.3. The van der Waals surface area contributed by atoms with Gasteiger partial charge in [-0.15, -0.1) is 0 Å². The molecule has 30 heavy (non-hydrogen) atoms. The molecular formula is C21H22ClF3N2O3. The third-order valence-corrected chi connectivity index (χ3v) is 4.99. The normalized spacial score (nSPS) is 18.6. The highest BCUT2D eigenvalue weighted by atomic mass is 35.5. The number of carbonyl (C=O) groups excluding carboxylic acids is 1. The van der Waals surface area contributed by atoms with Crippen LogP contribution in [0, 0.1) is 0 Å². The average Bonchev–Trinajstić information content (AvgIpc) is 2.70. The number of hydrogen-bond donors (Lipinski definition) is 0. The van der Waals surface area contributed by atoms with Gasteiger partial charge in [0.05, 0.1) is 6.42 Å². The second-order valence-electron chi connectivity index (χ2n) is 7.15. The van der Waals surface area contributed by atoms with Crippen LogP contribution in [-0.4, -0.2) is 53.9 Å². The molecule has 0 spiro atoms. The minimum Gasteiger partial charge on any atom is -0.489 e. The van der Waals surface area contributed by atoms with Gasteiger partial charge in [0.25, 0.3) is 0 Å². The molecule has 0 N–H and O–H groups in total. The van der Waals surface area contributed by atoms with Gasteiger partial charge in [-0.1, -0.05) is 23.7 Å². The van der Waals surface area contributed by atoms with Crippen LogP contribution >= 0.6 is 11.6 Å². The van der Waals surface area contributed by atoms with Crippen LogP contribution in [0.5, 0.6) is 5.75 Å². The predicted molar refractivity (Wildman–Crippen MR) is 105 cm³/mol. The van der Waals surface area contributed by atoms with Crippen molar-refractivity contribution < 1.29 is 27.4 Å². The van der Waals surface area contributed by atoms with E-state index in [-0.39, 0.29) is 12.5 Å². The molecule has 0 bridgehead atoms. The third-order valence-electron chi connectivity index (χ3n) is 4.74. The monoisotopic (exact) mass is 442 g/mol. The van der Waals surface area contributed by atoms with Gasteiger partial charge in [0.1, 0.15) is 11.9 Å². The third kappa shape index (κ3) is 6.88. The molecule has 1 aliphatic rings. The number of halogens is 4. The van der Waals surface area contributed by atoms with Crippen LogP contribution in [0.25, 0.3) is 0 Å². The van der Waals surface area contributed by atoms with E-state index in [1.54, 1.807) is 53.7 Å². The summed E-state index contributed by atoms with van der Waals surface area (Å²) in [4.78, 5) is 17.6. The van der Waals surface area contributed by atoms with Crippen LogP contribution < -0.4 is 4.74 Å². The van der Waals surface area contributed by atoms with E-state index in [1.165, 1.54) is 0 Å². The van der Waals surface area contributed by atoms with E-state index in [0.717, 1.165) is 6.42 Å². The first kappa shape index (κ1) is 22.4. The van der Waals surface area contributed by atoms with Crippen LogP contribution in [0.15, 0.2) is 48.8 Å². The summed E-state index contributed by atoms with van der Waals surface area (Å²) in [7, 11) is 0. The van der Waals surface area contributed by atoms with Gasteiger partial charge in [0.2, 0.25) is 6.10 Å². The zero-order valence-corrected chi connectivity index (χ0v) is 16.9. The van der Waals surface area contributed by atoms with Crippen molar-refractivity contribution in [3.8, 4) is 5.75 Å². The van der Waals surface area contributed by atoms with Crippen LogP contribution in [0.4, 0.5) is 13.2 Å². The van der Waals surface area contributed by atoms with Gasteiger partial charge in [0, 0.05) is 30.5 Å². The molecular weight excluding hydrogens is 421 g/mol. The number of piperidine rings is 1. The highest BCUT2D eigenvalue weighted by Gasteiger charge is 2.44. The number of likely N-dealkylation sites (tertiary alicyclic amines) is 1. The molecule has 5 nitrogen and oxygen atoms in total. The Hall–Kier alpha value is -2.32. The fourth-order valence-corrected chi connectivity index (χ4v) is 3.42. The molecule has 0 amide bonds. The van der Waals surface area contributed by atoms with Gasteiger partial charge in [0.15, 0.2) is 0 Å². The standard InChI is InChI=1S/C21H22ClF3N2O3/c22-16-5-3-15(4-6-16)12-20(28)30-19(21(23,24)25)14-27-11-1-2-18(13-27)29-17-7-9-26-10-8-17/h3-10,18-19H,1-2,11-14H2/t18-,19-/m0/s1. The Morgan fingerprint density at radius 3 is 2.57 bits per heavy atom. The first-order valence-electron chi connectivity index (χ1n) is 9.59. The lowest BCUT2D eigenvalue weighted by Crippen LogP contribution is -2.49. The fraction of sp³-hybridized carbons (Fsp3) is 0.429. The van der Waals surface area contributed by atoms with Crippen LogP contribution in [-0.2, 0) is 16.0 Å². The molecule has 2 heterocycles.